The Morgan fingerprint density at radius 3 is 2.44 bits per heavy atom. The Bertz CT molecular complexity index is 708. The summed E-state index contributed by atoms with van der Waals surface area (Å²) in [6.07, 6.45) is 1.71. The lowest BCUT2D eigenvalue weighted by Gasteiger charge is -2.04. The third-order valence-electron chi connectivity index (χ3n) is 2.80. The van der Waals surface area contributed by atoms with Gasteiger partial charge in [-0.2, -0.15) is 0 Å². The van der Waals surface area contributed by atoms with Crippen LogP contribution in [-0.2, 0) is 0 Å². The van der Waals surface area contributed by atoms with Gasteiger partial charge in [0.05, 0.1) is 5.52 Å². The van der Waals surface area contributed by atoms with Gasteiger partial charge in [-0.25, -0.2) is 9.97 Å². The number of benzene rings is 2. The van der Waals surface area contributed by atoms with E-state index in [0.29, 0.717) is 0 Å². The summed E-state index contributed by atoms with van der Waals surface area (Å²) >= 11 is 0. The molecule has 0 spiro atoms. The molecule has 1 heterocycles. The molecule has 2 aromatic carbocycles. The zero-order chi connectivity index (χ0) is 12.5. The van der Waals surface area contributed by atoms with Crippen molar-refractivity contribution in [2.24, 2.45) is 0 Å². The van der Waals surface area contributed by atoms with E-state index in [9.17, 15) is 5.11 Å². The fourth-order valence-corrected chi connectivity index (χ4v) is 1.88. The van der Waals surface area contributed by atoms with Crippen LogP contribution in [0.3, 0.4) is 0 Å². The van der Waals surface area contributed by atoms with Crippen molar-refractivity contribution in [3.63, 3.8) is 0 Å². The van der Waals surface area contributed by atoms with Crippen molar-refractivity contribution in [1.82, 2.24) is 9.97 Å². The van der Waals surface area contributed by atoms with E-state index in [4.69, 9.17) is 5.73 Å². The molecule has 3 aromatic rings. The molecule has 0 bridgehead atoms. The molecule has 0 aliphatic rings. The Labute approximate surface area is 104 Å². The molecule has 3 N–H and O–H groups in total. The van der Waals surface area contributed by atoms with Gasteiger partial charge in [0, 0.05) is 11.6 Å². The average molecular weight is 237 g/mol. The van der Waals surface area contributed by atoms with Crippen LogP contribution < -0.4 is 5.73 Å². The molecule has 0 fully saturated rings. The third kappa shape index (κ3) is 1.84. The lowest BCUT2D eigenvalue weighted by atomic mass is 10.0. The number of nitrogen functional groups attached to an aromatic ring is 1. The second-order valence-corrected chi connectivity index (χ2v) is 4.05. The first-order valence-corrected chi connectivity index (χ1v) is 5.54. The molecule has 1 aromatic heterocycles. The predicted molar refractivity (Wildman–Crippen MR) is 71.1 cm³/mol. The van der Waals surface area contributed by atoms with Gasteiger partial charge >= 0.3 is 0 Å². The molecule has 0 saturated heterocycles. The Hall–Kier alpha value is -2.62. The third-order valence-corrected chi connectivity index (χ3v) is 2.80. The van der Waals surface area contributed by atoms with E-state index >= 15 is 0 Å². The zero-order valence-corrected chi connectivity index (χ0v) is 9.54. The van der Waals surface area contributed by atoms with Crippen LogP contribution in [0.1, 0.15) is 0 Å². The molecular weight excluding hydrogens is 226 g/mol. The number of rotatable bonds is 1. The Balaban J connectivity index is 2.13. The average Bonchev–Trinajstić information content (AvgIpc) is 2.39. The van der Waals surface area contributed by atoms with Crippen LogP contribution in [0, 0.1) is 0 Å². The number of nitrogens with zero attached hydrogens (tertiary/aromatic N) is 2. The van der Waals surface area contributed by atoms with Gasteiger partial charge in [-0.3, -0.25) is 0 Å². The molecule has 0 radical (unpaired) electrons. The summed E-state index contributed by atoms with van der Waals surface area (Å²) in [5, 5.41) is 10.2. The number of hydrogen-bond acceptors (Lipinski definition) is 4. The highest BCUT2D eigenvalue weighted by molar-refractivity contribution is 5.84. The topological polar surface area (TPSA) is 72.0 Å². The van der Waals surface area contributed by atoms with Crippen LogP contribution in [0.15, 0.2) is 48.7 Å². The summed E-state index contributed by atoms with van der Waals surface area (Å²) in [6.45, 7) is 0. The summed E-state index contributed by atoms with van der Waals surface area (Å²) in [4.78, 5) is 8.13. The summed E-state index contributed by atoms with van der Waals surface area (Å²) in [5.74, 6) is 0.538. The largest absolute Gasteiger partial charge is 0.508 e. The molecule has 18 heavy (non-hydrogen) atoms. The minimum Gasteiger partial charge on any atom is -0.508 e. The van der Waals surface area contributed by atoms with Gasteiger partial charge in [-0.15, -0.1) is 0 Å². The highest BCUT2D eigenvalue weighted by atomic mass is 16.3. The summed E-state index contributed by atoms with van der Waals surface area (Å²) < 4.78 is 0. The van der Waals surface area contributed by atoms with E-state index in [2.05, 4.69) is 9.97 Å². The maximum absolute atomic E-state index is 9.27. The normalized spacial score (nSPS) is 10.7. The van der Waals surface area contributed by atoms with Gasteiger partial charge in [0.2, 0.25) is 5.95 Å². The van der Waals surface area contributed by atoms with Gasteiger partial charge in [-0.05, 0) is 35.4 Å². The van der Waals surface area contributed by atoms with Crippen molar-refractivity contribution in [2.45, 2.75) is 0 Å². The van der Waals surface area contributed by atoms with Crippen molar-refractivity contribution < 1.29 is 5.11 Å². The minimum atomic E-state index is 0.260. The van der Waals surface area contributed by atoms with E-state index in [1.807, 2.05) is 30.3 Å². The first-order chi connectivity index (χ1) is 8.72. The highest BCUT2D eigenvalue weighted by Crippen LogP contribution is 2.25. The fraction of sp³-hybridized carbons (Fsp3) is 0. The number of hydrogen-bond donors (Lipinski definition) is 2. The molecule has 3 rings (SSSR count). The quantitative estimate of drug-likeness (QED) is 0.682. The molecule has 4 heteroatoms. The molecule has 0 unspecified atom stereocenters. The first-order valence-electron chi connectivity index (χ1n) is 5.54. The number of anilines is 1. The van der Waals surface area contributed by atoms with Crippen LogP contribution in [0.5, 0.6) is 5.75 Å². The minimum absolute atomic E-state index is 0.260. The smallest absolute Gasteiger partial charge is 0.220 e. The lowest BCUT2D eigenvalue weighted by Crippen LogP contribution is -1.93. The van der Waals surface area contributed by atoms with Crippen molar-refractivity contribution in [1.29, 1.82) is 0 Å². The maximum atomic E-state index is 9.27. The lowest BCUT2D eigenvalue weighted by molar-refractivity contribution is 0.475. The summed E-state index contributed by atoms with van der Waals surface area (Å²) in [5.41, 5.74) is 8.45. The predicted octanol–water partition coefficient (Wildman–Crippen LogP) is 2.58. The molecule has 0 amide bonds. The Morgan fingerprint density at radius 2 is 1.67 bits per heavy atom. The van der Waals surface area contributed by atoms with Gasteiger partial charge in [0.25, 0.3) is 0 Å². The van der Waals surface area contributed by atoms with Crippen molar-refractivity contribution in [3.8, 4) is 16.9 Å². The van der Waals surface area contributed by atoms with Crippen LogP contribution in [0.2, 0.25) is 0 Å². The first kappa shape index (κ1) is 10.5. The molecule has 0 atom stereocenters. The van der Waals surface area contributed by atoms with Crippen molar-refractivity contribution in [2.75, 3.05) is 5.73 Å². The molecule has 0 saturated carbocycles. The van der Waals surface area contributed by atoms with Crippen molar-refractivity contribution in [3.05, 3.63) is 48.7 Å². The number of phenols is 1. The van der Waals surface area contributed by atoms with E-state index < -0.39 is 0 Å². The van der Waals surface area contributed by atoms with Gasteiger partial charge < -0.3 is 10.8 Å². The number of nitrogens with two attached hydrogens (primary N) is 1. The van der Waals surface area contributed by atoms with Gasteiger partial charge in [0.1, 0.15) is 5.75 Å². The van der Waals surface area contributed by atoms with E-state index in [0.717, 1.165) is 22.0 Å². The monoisotopic (exact) mass is 237 g/mol. The highest BCUT2D eigenvalue weighted by Gasteiger charge is 2.01. The van der Waals surface area contributed by atoms with E-state index in [1.54, 1.807) is 18.3 Å². The number of aromatic hydroxyl groups is 1. The van der Waals surface area contributed by atoms with E-state index in [-0.39, 0.29) is 11.7 Å². The summed E-state index contributed by atoms with van der Waals surface area (Å²) in [7, 11) is 0. The molecule has 4 nitrogen and oxygen atoms in total. The fourth-order valence-electron chi connectivity index (χ4n) is 1.88. The van der Waals surface area contributed by atoms with Crippen molar-refractivity contribution >= 4 is 16.9 Å². The second-order valence-electron chi connectivity index (χ2n) is 4.05. The van der Waals surface area contributed by atoms with Crippen LogP contribution in [0.25, 0.3) is 22.0 Å². The van der Waals surface area contributed by atoms with Crippen LogP contribution in [-0.4, -0.2) is 15.1 Å². The SMILES string of the molecule is Nc1ncc2cc(-c3ccc(O)cc3)ccc2n1. The number of phenolic OH excluding ortho intramolecular Hbond substituents is 1. The Morgan fingerprint density at radius 1 is 0.944 bits per heavy atom. The maximum Gasteiger partial charge on any atom is 0.220 e. The van der Waals surface area contributed by atoms with Gasteiger partial charge in [0.15, 0.2) is 0 Å². The summed E-state index contributed by atoms with van der Waals surface area (Å²) in [6, 6.07) is 13.0. The number of fused-ring (bicyclic) bond motifs is 1. The van der Waals surface area contributed by atoms with Crippen LogP contribution in [0.4, 0.5) is 5.95 Å². The second kappa shape index (κ2) is 4.00. The van der Waals surface area contributed by atoms with E-state index in [1.165, 1.54) is 0 Å². The zero-order valence-electron chi connectivity index (χ0n) is 9.54. The molecule has 88 valence electrons. The molecule has 0 aliphatic carbocycles. The number of aromatic nitrogens is 2. The standard InChI is InChI=1S/C14H11N3O/c15-14-16-8-11-7-10(3-6-13(11)17-14)9-1-4-12(18)5-2-9/h1-8,18H,(H2,15,16,17). The molecular formula is C14H11N3O. The Kier molecular flexibility index (Phi) is 2.34. The van der Waals surface area contributed by atoms with Gasteiger partial charge in [-0.1, -0.05) is 18.2 Å². The molecule has 0 aliphatic heterocycles. The van der Waals surface area contributed by atoms with Crippen LogP contribution >= 0.6 is 0 Å².